The SMILES string of the molecule is O=C(O)C[C@@H]1C[C@@H](F)CN1C(=O)C(F)(F)F. The summed E-state index contributed by atoms with van der Waals surface area (Å²) in [5, 5.41) is 8.42. The van der Waals surface area contributed by atoms with Gasteiger partial charge in [0.15, 0.2) is 0 Å². The van der Waals surface area contributed by atoms with Crippen molar-refractivity contribution in [3.63, 3.8) is 0 Å². The molecule has 8 heteroatoms. The van der Waals surface area contributed by atoms with Crippen molar-refractivity contribution in [2.45, 2.75) is 31.2 Å². The van der Waals surface area contributed by atoms with E-state index in [1.54, 1.807) is 0 Å². The molecule has 2 atom stereocenters. The van der Waals surface area contributed by atoms with Gasteiger partial charge in [0, 0.05) is 12.5 Å². The maximum Gasteiger partial charge on any atom is 0.471 e. The molecule has 0 aromatic carbocycles. The van der Waals surface area contributed by atoms with Gasteiger partial charge in [0.25, 0.3) is 0 Å². The molecule has 0 bridgehead atoms. The molecule has 1 saturated heterocycles. The number of rotatable bonds is 2. The number of carbonyl (C=O) groups is 2. The Morgan fingerprint density at radius 3 is 2.38 bits per heavy atom. The van der Waals surface area contributed by atoms with E-state index in [9.17, 15) is 27.2 Å². The first kappa shape index (κ1) is 12.7. The summed E-state index contributed by atoms with van der Waals surface area (Å²) in [6.45, 7) is -0.698. The first-order chi connectivity index (χ1) is 7.21. The summed E-state index contributed by atoms with van der Waals surface area (Å²) in [5.41, 5.74) is 0. The third-order valence-electron chi connectivity index (χ3n) is 2.28. The van der Waals surface area contributed by atoms with Crippen LogP contribution in [0.3, 0.4) is 0 Å². The molecular weight excluding hydrogens is 234 g/mol. The Bertz CT molecular complexity index is 304. The Morgan fingerprint density at radius 2 is 1.94 bits per heavy atom. The van der Waals surface area contributed by atoms with Crippen LogP contribution >= 0.6 is 0 Å². The van der Waals surface area contributed by atoms with E-state index in [2.05, 4.69) is 0 Å². The fourth-order valence-electron chi connectivity index (χ4n) is 1.67. The molecule has 1 amide bonds. The summed E-state index contributed by atoms with van der Waals surface area (Å²) in [7, 11) is 0. The number of aliphatic carboxylic acids is 1. The van der Waals surface area contributed by atoms with Crippen LogP contribution < -0.4 is 0 Å². The Kier molecular flexibility index (Phi) is 3.39. The Balaban J connectivity index is 2.77. The van der Waals surface area contributed by atoms with E-state index >= 15 is 0 Å². The smallest absolute Gasteiger partial charge is 0.471 e. The summed E-state index contributed by atoms with van der Waals surface area (Å²) < 4.78 is 49.1. The van der Waals surface area contributed by atoms with Gasteiger partial charge in [0.1, 0.15) is 6.17 Å². The highest BCUT2D eigenvalue weighted by atomic mass is 19.4. The van der Waals surface area contributed by atoms with Crippen LogP contribution in [0.1, 0.15) is 12.8 Å². The summed E-state index contributed by atoms with van der Waals surface area (Å²) in [4.78, 5) is 21.4. The van der Waals surface area contributed by atoms with E-state index in [4.69, 9.17) is 5.11 Å². The molecule has 0 aromatic rings. The van der Waals surface area contributed by atoms with Crippen molar-refractivity contribution in [3.8, 4) is 0 Å². The van der Waals surface area contributed by atoms with Crippen LogP contribution in [0.2, 0.25) is 0 Å². The molecule has 0 aliphatic carbocycles. The Labute approximate surface area is 87.8 Å². The molecule has 4 nitrogen and oxygen atoms in total. The molecule has 92 valence electrons. The number of halogens is 4. The molecule has 1 rings (SSSR count). The molecule has 1 aliphatic rings. The summed E-state index contributed by atoms with van der Waals surface area (Å²) in [6.07, 6.45) is -7.74. The monoisotopic (exact) mass is 243 g/mol. The van der Waals surface area contributed by atoms with Crippen molar-refractivity contribution in [2.75, 3.05) is 6.54 Å². The second-order valence-electron chi connectivity index (χ2n) is 3.54. The molecule has 1 aliphatic heterocycles. The van der Waals surface area contributed by atoms with Crippen molar-refractivity contribution in [1.29, 1.82) is 0 Å². The van der Waals surface area contributed by atoms with E-state index in [1.807, 2.05) is 0 Å². The lowest BCUT2D eigenvalue weighted by Crippen LogP contribution is -2.44. The number of carboxylic acid groups (broad SMARTS) is 1. The highest BCUT2D eigenvalue weighted by Crippen LogP contribution is 2.28. The number of carboxylic acids is 1. The first-order valence-corrected chi connectivity index (χ1v) is 4.45. The first-order valence-electron chi connectivity index (χ1n) is 4.45. The van der Waals surface area contributed by atoms with Gasteiger partial charge in [-0.2, -0.15) is 13.2 Å². The highest BCUT2D eigenvalue weighted by Gasteiger charge is 2.48. The predicted octanol–water partition coefficient (Wildman–Crippen LogP) is 0.962. The van der Waals surface area contributed by atoms with Crippen LogP contribution in [0.15, 0.2) is 0 Å². The average Bonchev–Trinajstić information content (AvgIpc) is 2.42. The zero-order chi connectivity index (χ0) is 12.5. The standard InChI is InChI=1S/C8H9F4NO3/c9-4-1-5(2-6(14)15)13(3-4)7(16)8(10,11)12/h4-5H,1-3H2,(H,14,15)/t4-,5+/m1/s1. The van der Waals surface area contributed by atoms with Gasteiger partial charge in [0.05, 0.1) is 13.0 Å². The summed E-state index contributed by atoms with van der Waals surface area (Å²) in [5.74, 6) is -3.54. The van der Waals surface area contributed by atoms with Gasteiger partial charge in [0.2, 0.25) is 0 Å². The van der Waals surface area contributed by atoms with Crippen LogP contribution in [0.4, 0.5) is 17.6 Å². The molecule has 1 N–H and O–H groups in total. The number of amides is 1. The van der Waals surface area contributed by atoms with Crippen LogP contribution in [-0.4, -0.2) is 46.8 Å². The highest BCUT2D eigenvalue weighted by molar-refractivity contribution is 5.83. The van der Waals surface area contributed by atoms with Gasteiger partial charge in [-0.25, -0.2) is 4.39 Å². The van der Waals surface area contributed by atoms with Crippen molar-refractivity contribution in [1.82, 2.24) is 4.90 Å². The number of nitrogens with zero attached hydrogens (tertiary/aromatic N) is 1. The van der Waals surface area contributed by atoms with E-state index in [0.29, 0.717) is 0 Å². The van der Waals surface area contributed by atoms with Gasteiger partial charge in [-0.3, -0.25) is 9.59 Å². The van der Waals surface area contributed by atoms with Crippen molar-refractivity contribution in [2.24, 2.45) is 0 Å². The van der Waals surface area contributed by atoms with Crippen LogP contribution in [-0.2, 0) is 9.59 Å². The van der Waals surface area contributed by atoms with Gasteiger partial charge >= 0.3 is 18.1 Å². The zero-order valence-corrected chi connectivity index (χ0v) is 8.00. The number of likely N-dealkylation sites (tertiary alicyclic amines) is 1. The predicted molar refractivity (Wildman–Crippen MR) is 43.3 cm³/mol. The summed E-state index contributed by atoms with van der Waals surface area (Å²) in [6, 6.07) is -1.22. The van der Waals surface area contributed by atoms with E-state index < -0.39 is 43.2 Å². The largest absolute Gasteiger partial charge is 0.481 e. The lowest BCUT2D eigenvalue weighted by Gasteiger charge is -2.23. The zero-order valence-electron chi connectivity index (χ0n) is 8.00. The van der Waals surface area contributed by atoms with Crippen LogP contribution in [0.25, 0.3) is 0 Å². The van der Waals surface area contributed by atoms with Crippen molar-refractivity contribution < 1.29 is 32.3 Å². The average molecular weight is 243 g/mol. The number of hydrogen-bond acceptors (Lipinski definition) is 2. The molecule has 1 heterocycles. The topological polar surface area (TPSA) is 57.6 Å². The lowest BCUT2D eigenvalue weighted by molar-refractivity contribution is -0.186. The maximum atomic E-state index is 12.9. The van der Waals surface area contributed by atoms with Crippen LogP contribution in [0.5, 0.6) is 0 Å². The van der Waals surface area contributed by atoms with Crippen molar-refractivity contribution in [3.05, 3.63) is 0 Å². The lowest BCUT2D eigenvalue weighted by atomic mass is 10.1. The maximum absolute atomic E-state index is 12.9. The molecule has 16 heavy (non-hydrogen) atoms. The quantitative estimate of drug-likeness (QED) is 0.735. The minimum atomic E-state index is -5.10. The molecule has 0 aromatic heterocycles. The minimum absolute atomic E-state index is 0.249. The molecular formula is C8H9F4NO3. The van der Waals surface area contributed by atoms with Crippen molar-refractivity contribution >= 4 is 11.9 Å². The van der Waals surface area contributed by atoms with E-state index in [0.717, 1.165) is 0 Å². The molecule has 0 spiro atoms. The molecule has 0 saturated carbocycles. The van der Waals surface area contributed by atoms with Gasteiger partial charge in [-0.15, -0.1) is 0 Å². The van der Waals surface area contributed by atoms with Crippen LogP contribution in [0, 0.1) is 0 Å². The molecule has 1 fully saturated rings. The number of hydrogen-bond donors (Lipinski definition) is 1. The van der Waals surface area contributed by atoms with Gasteiger partial charge in [-0.1, -0.05) is 0 Å². The number of carbonyl (C=O) groups excluding carboxylic acids is 1. The third-order valence-corrected chi connectivity index (χ3v) is 2.28. The summed E-state index contributed by atoms with van der Waals surface area (Å²) >= 11 is 0. The fourth-order valence-corrected chi connectivity index (χ4v) is 1.67. The second-order valence-corrected chi connectivity index (χ2v) is 3.54. The normalized spacial score (nSPS) is 25.9. The van der Waals surface area contributed by atoms with Gasteiger partial charge < -0.3 is 10.0 Å². The van der Waals surface area contributed by atoms with E-state index in [-0.39, 0.29) is 11.3 Å². The third kappa shape index (κ3) is 2.83. The molecule has 0 radical (unpaired) electrons. The second kappa shape index (κ2) is 4.26. The molecule has 0 unspecified atom stereocenters. The van der Waals surface area contributed by atoms with Gasteiger partial charge in [-0.05, 0) is 0 Å². The minimum Gasteiger partial charge on any atom is -0.481 e. The number of alkyl halides is 4. The Morgan fingerprint density at radius 1 is 1.38 bits per heavy atom. The Hall–Kier alpha value is -1.34. The van der Waals surface area contributed by atoms with E-state index in [1.165, 1.54) is 0 Å². The fraction of sp³-hybridized carbons (Fsp3) is 0.750.